The van der Waals surface area contributed by atoms with Crippen LogP contribution < -0.4 is 16.0 Å². The number of piperidine rings is 1. The lowest BCUT2D eigenvalue weighted by molar-refractivity contribution is -0.119. The van der Waals surface area contributed by atoms with Crippen LogP contribution in [0.3, 0.4) is 0 Å². The molecule has 3 rings (SSSR count). The summed E-state index contributed by atoms with van der Waals surface area (Å²) >= 11 is 6.35. The van der Waals surface area contributed by atoms with Crippen LogP contribution >= 0.6 is 11.6 Å². The Balaban J connectivity index is 1.68. The third-order valence-corrected chi connectivity index (χ3v) is 7.64. The van der Waals surface area contributed by atoms with Crippen molar-refractivity contribution < 1.29 is 22.4 Å². The number of amides is 3. The Morgan fingerprint density at radius 2 is 2.12 bits per heavy atom. The van der Waals surface area contributed by atoms with Gasteiger partial charge in [-0.25, -0.2) is 21.9 Å². The second-order valence-electron chi connectivity index (χ2n) is 7.94. The number of allylic oxidation sites excluding steroid dienone is 2. The maximum Gasteiger partial charge on any atom is 0.322 e. The maximum atomic E-state index is 13.1. The Morgan fingerprint density at radius 3 is 2.66 bits per heavy atom. The van der Waals surface area contributed by atoms with Crippen molar-refractivity contribution >= 4 is 39.3 Å². The number of aromatic nitrogens is 1. The first-order chi connectivity index (χ1) is 15.0. The lowest BCUT2D eigenvalue weighted by Crippen LogP contribution is -2.48. The topological polar surface area (TPSA) is 121 Å². The number of halogens is 2. The molecule has 2 saturated heterocycles. The van der Waals surface area contributed by atoms with E-state index in [1.165, 1.54) is 16.4 Å². The predicted octanol–water partition coefficient (Wildman–Crippen LogP) is 1.75. The van der Waals surface area contributed by atoms with Gasteiger partial charge in [0.1, 0.15) is 11.9 Å². The zero-order valence-electron chi connectivity index (χ0n) is 17.7. The van der Waals surface area contributed by atoms with E-state index in [1.54, 1.807) is 6.92 Å². The number of sulfonamides is 1. The molecule has 3 amide bonds. The highest BCUT2D eigenvalue weighted by Crippen LogP contribution is 2.33. The highest BCUT2D eigenvalue weighted by molar-refractivity contribution is 7.89. The summed E-state index contributed by atoms with van der Waals surface area (Å²) in [4.78, 5) is 27.0. The average Bonchev–Trinajstić information content (AvgIpc) is 3.02. The molecule has 3 heterocycles. The summed E-state index contributed by atoms with van der Waals surface area (Å²) < 4.78 is 40.1. The van der Waals surface area contributed by atoms with Crippen molar-refractivity contribution in [2.24, 2.45) is 11.8 Å². The molecule has 2 fully saturated rings. The van der Waals surface area contributed by atoms with Gasteiger partial charge in [0, 0.05) is 29.7 Å². The van der Waals surface area contributed by atoms with Gasteiger partial charge in [0.25, 0.3) is 5.91 Å². The van der Waals surface area contributed by atoms with E-state index in [9.17, 15) is 22.4 Å². The molecule has 0 radical (unpaired) electrons. The van der Waals surface area contributed by atoms with Crippen molar-refractivity contribution in [2.75, 3.05) is 18.8 Å². The number of carbonyl (C=O) groups excluding carboxylic acids is 2. The van der Waals surface area contributed by atoms with E-state index in [-0.39, 0.29) is 24.9 Å². The van der Waals surface area contributed by atoms with Crippen LogP contribution in [0.1, 0.15) is 26.0 Å². The summed E-state index contributed by atoms with van der Waals surface area (Å²) in [6.45, 7) is 8.06. The van der Waals surface area contributed by atoms with Gasteiger partial charge in [0.15, 0.2) is 0 Å². The number of rotatable bonds is 7. The van der Waals surface area contributed by atoms with Gasteiger partial charge in [-0.3, -0.25) is 15.1 Å². The van der Waals surface area contributed by atoms with Crippen molar-refractivity contribution in [1.29, 1.82) is 0 Å². The van der Waals surface area contributed by atoms with Crippen molar-refractivity contribution in [3.63, 3.8) is 0 Å². The number of nitrogens with zero attached hydrogens (tertiary/aromatic N) is 2. The monoisotopic (exact) mass is 485 g/mol. The highest BCUT2D eigenvalue weighted by Gasteiger charge is 2.39. The van der Waals surface area contributed by atoms with Crippen LogP contribution in [-0.4, -0.2) is 54.5 Å². The molecule has 0 aromatic carbocycles. The number of carbonyl (C=O) groups is 2. The van der Waals surface area contributed by atoms with E-state index in [0.29, 0.717) is 28.5 Å². The highest BCUT2D eigenvalue weighted by atomic mass is 35.5. The molecule has 32 heavy (non-hydrogen) atoms. The molecule has 0 bridgehead atoms. The molecule has 0 aliphatic carbocycles. The SMILES string of the molecule is C=C(N/C(=C(\C)Cl)[C@@H]1CCN(S(=O)(=O)C[C@@H]2NC(=O)NC2=O)C[C@@H]1C)c1ccc(F)cn1. The number of imide groups is 1. The maximum absolute atomic E-state index is 13.1. The molecule has 174 valence electrons. The Kier molecular flexibility index (Phi) is 7.21. The third-order valence-electron chi connectivity index (χ3n) is 5.56. The van der Waals surface area contributed by atoms with Gasteiger partial charge >= 0.3 is 6.03 Å². The number of hydrogen-bond donors (Lipinski definition) is 3. The Labute approximate surface area is 191 Å². The predicted molar refractivity (Wildman–Crippen MR) is 118 cm³/mol. The number of urea groups is 1. The van der Waals surface area contributed by atoms with E-state index in [4.69, 9.17) is 11.6 Å². The molecule has 1 aromatic rings. The van der Waals surface area contributed by atoms with E-state index < -0.39 is 39.6 Å². The molecule has 2 aliphatic rings. The minimum Gasteiger partial charge on any atom is -0.356 e. The molecule has 0 unspecified atom stereocenters. The number of nitrogens with one attached hydrogen (secondary N) is 3. The van der Waals surface area contributed by atoms with Crippen LogP contribution in [0.15, 0.2) is 35.6 Å². The third kappa shape index (κ3) is 5.45. The summed E-state index contributed by atoms with van der Waals surface area (Å²) in [7, 11) is -3.77. The van der Waals surface area contributed by atoms with Crippen molar-refractivity contribution in [1.82, 2.24) is 25.2 Å². The molecule has 3 atom stereocenters. The second kappa shape index (κ2) is 9.55. The molecule has 3 N–H and O–H groups in total. The molecular weight excluding hydrogens is 461 g/mol. The summed E-state index contributed by atoms with van der Waals surface area (Å²) in [6.07, 6.45) is 1.58. The van der Waals surface area contributed by atoms with Gasteiger partial charge in [-0.05, 0) is 31.4 Å². The first-order valence-corrected chi connectivity index (χ1v) is 12.0. The van der Waals surface area contributed by atoms with Crippen molar-refractivity contribution in [2.45, 2.75) is 26.3 Å². The lowest BCUT2D eigenvalue weighted by atomic mass is 9.84. The summed E-state index contributed by atoms with van der Waals surface area (Å²) in [5.41, 5.74) is 1.62. The van der Waals surface area contributed by atoms with E-state index in [1.807, 2.05) is 12.2 Å². The minimum absolute atomic E-state index is 0.0781. The van der Waals surface area contributed by atoms with Crippen LogP contribution in [0, 0.1) is 17.7 Å². The zero-order valence-corrected chi connectivity index (χ0v) is 19.3. The van der Waals surface area contributed by atoms with Crippen LogP contribution in [0.2, 0.25) is 0 Å². The first kappa shape index (κ1) is 24.1. The quantitative estimate of drug-likeness (QED) is 0.506. The standard InChI is InChI=1S/C20H25ClFN5O4S/c1-11-9-27(32(30,31)10-17-19(28)26-20(29)25-17)7-6-15(11)18(12(2)21)24-13(3)16-5-4-14(22)8-23-16/h4-5,8,11,15,17,24H,3,6-7,9-10H2,1-2H3,(H2,25,26,28,29)/b18-12+/t11-,15+,17-/m0/s1. The fraction of sp³-hybridized carbons (Fsp3) is 0.450. The van der Waals surface area contributed by atoms with Gasteiger partial charge in [0.05, 0.1) is 23.3 Å². The van der Waals surface area contributed by atoms with Crippen LogP contribution in [0.4, 0.5) is 9.18 Å². The fourth-order valence-electron chi connectivity index (χ4n) is 3.90. The molecule has 2 aliphatic heterocycles. The van der Waals surface area contributed by atoms with Crippen LogP contribution in [0.25, 0.3) is 5.70 Å². The van der Waals surface area contributed by atoms with Crippen molar-refractivity contribution in [3.05, 3.63) is 47.1 Å². The Morgan fingerprint density at radius 1 is 1.41 bits per heavy atom. The Bertz CT molecular complexity index is 1060. The molecule has 9 nitrogen and oxygen atoms in total. The number of hydrogen-bond acceptors (Lipinski definition) is 6. The van der Waals surface area contributed by atoms with Gasteiger partial charge in [0.2, 0.25) is 10.0 Å². The van der Waals surface area contributed by atoms with Crippen LogP contribution in [0.5, 0.6) is 0 Å². The second-order valence-corrected chi connectivity index (χ2v) is 10.5. The lowest BCUT2D eigenvalue weighted by Gasteiger charge is -2.38. The van der Waals surface area contributed by atoms with E-state index in [2.05, 4.69) is 22.2 Å². The van der Waals surface area contributed by atoms with E-state index in [0.717, 1.165) is 6.20 Å². The molecule has 0 spiro atoms. The zero-order chi connectivity index (χ0) is 23.6. The Hall–Kier alpha value is -2.50. The van der Waals surface area contributed by atoms with Crippen molar-refractivity contribution in [3.8, 4) is 0 Å². The first-order valence-electron chi connectivity index (χ1n) is 10.0. The molecular formula is C20H25ClFN5O4S. The molecule has 1 aromatic heterocycles. The fourth-order valence-corrected chi connectivity index (χ4v) is 5.80. The van der Waals surface area contributed by atoms with Crippen LogP contribution in [-0.2, 0) is 14.8 Å². The number of pyridine rings is 1. The normalized spacial score (nSPS) is 25.1. The van der Waals surface area contributed by atoms with Gasteiger partial charge in [-0.2, -0.15) is 0 Å². The average molecular weight is 486 g/mol. The molecule has 12 heteroatoms. The van der Waals surface area contributed by atoms with Gasteiger partial charge in [-0.15, -0.1) is 0 Å². The smallest absolute Gasteiger partial charge is 0.322 e. The summed E-state index contributed by atoms with van der Waals surface area (Å²) in [5, 5.41) is 8.03. The summed E-state index contributed by atoms with van der Waals surface area (Å²) in [5.74, 6) is -1.78. The summed E-state index contributed by atoms with van der Waals surface area (Å²) in [6, 6.07) is 0.985. The minimum atomic E-state index is -3.77. The van der Waals surface area contributed by atoms with E-state index >= 15 is 0 Å². The largest absolute Gasteiger partial charge is 0.356 e. The van der Waals surface area contributed by atoms with Gasteiger partial charge in [-0.1, -0.05) is 25.1 Å². The van der Waals surface area contributed by atoms with Gasteiger partial charge < -0.3 is 10.6 Å². The molecule has 0 saturated carbocycles.